The van der Waals surface area contributed by atoms with Crippen LogP contribution in [-0.4, -0.2) is 13.1 Å². The highest BCUT2D eigenvalue weighted by atomic mass is 79.9. The molecule has 0 aliphatic carbocycles. The van der Waals surface area contributed by atoms with Crippen molar-refractivity contribution in [1.82, 2.24) is 4.48 Å². The predicted octanol–water partition coefficient (Wildman–Crippen LogP) is 3.71. The summed E-state index contributed by atoms with van der Waals surface area (Å²) in [6, 6.07) is 22.2. The van der Waals surface area contributed by atoms with Crippen LogP contribution in [0.1, 0.15) is 52.4 Å². The number of nitrogens with zero attached hydrogens (tertiary/aromatic N) is 1. The largest absolute Gasteiger partial charge is 1.00 e. The average molecular weight is 390 g/mol. The topological polar surface area (TPSA) is 0 Å². The lowest BCUT2D eigenvalue weighted by Gasteiger charge is -2.38. The molecule has 0 aliphatic rings. The van der Waals surface area contributed by atoms with Crippen molar-refractivity contribution in [2.24, 2.45) is 0 Å². The van der Waals surface area contributed by atoms with Crippen LogP contribution in [0.5, 0.6) is 0 Å². The Bertz CT molecular complexity index is 487. The zero-order chi connectivity index (χ0) is 16.4. The molecule has 0 saturated heterocycles. The van der Waals surface area contributed by atoms with Gasteiger partial charge in [0.15, 0.2) is 0 Å². The van der Waals surface area contributed by atoms with Crippen LogP contribution >= 0.6 is 0 Å². The van der Waals surface area contributed by atoms with E-state index in [1.54, 1.807) is 0 Å². The number of benzene rings is 2. The molecule has 0 unspecified atom stereocenters. The summed E-state index contributed by atoms with van der Waals surface area (Å²) in [6.07, 6.45) is 7.75. The lowest BCUT2D eigenvalue weighted by Crippen LogP contribution is -3.00. The van der Waals surface area contributed by atoms with Gasteiger partial charge in [-0.3, -0.25) is 4.48 Å². The second-order valence-corrected chi connectivity index (χ2v) is 6.50. The zero-order valence-electron chi connectivity index (χ0n) is 15.3. The maximum atomic E-state index is 2.31. The van der Waals surface area contributed by atoms with E-state index >= 15 is 0 Å². The molecule has 0 fully saturated rings. The van der Waals surface area contributed by atoms with Crippen LogP contribution in [0.25, 0.3) is 0 Å². The van der Waals surface area contributed by atoms with Crippen molar-refractivity contribution in [2.45, 2.75) is 52.4 Å². The molecule has 0 N–H and O–H groups in total. The molecule has 2 aromatic rings. The SMILES string of the molecule is CCCCC[N+](CCCCC)(c1ccccc1)c1ccccc1.[Br-]. The highest BCUT2D eigenvalue weighted by molar-refractivity contribution is 5.58. The Balaban J connectivity index is 0.00000288. The second-order valence-electron chi connectivity index (χ2n) is 6.50. The van der Waals surface area contributed by atoms with E-state index in [0.29, 0.717) is 0 Å². The molecule has 0 aliphatic heterocycles. The summed E-state index contributed by atoms with van der Waals surface area (Å²) in [5, 5.41) is 0. The molecular formula is C22H32BrN. The number of hydrogen-bond donors (Lipinski definition) is 0. The summed E-state index contributed by atoms with van der Waals surface area (Å²) in [5.41, 5.74) is 2.87. The van der Waals surface area contributed by atoms with E-state index in [0.717, 1.165) is 4.48 Å². The Labute approximate surface area is 159 Å². The molecule has 24 heavy (non-hydrogen) atoms. The number of halogens is 1. The lowest BCUT2D eigenvalue weighted by atomic mass is 10.1. The molecule has 0 bridgehead atoms. The van der Waals surface area contributed by atoms with Gasteiger partial charge < -0.3 is 17.0 Å². The molecule has 0 spiro atoms. The highest BCUT2D eigenvalue weighted by Gasteiger charge is 2.32. The maximum Gasteiger partial charge on any atom is 0.137 e. The van der Waals surface area contributed by atoms with Crippen molar-refractivity contribution in [2.75, 3.05) is 13.1 Å². The number of unbranched alkanes of at least 4 members (excludes halogenated alkanes) is 4. The van der Waals surface area contributed by atoms with Gasteiger partial charge in [-0.1, -0.05) is 63.1 Å². The molecule has 0 atom stereocenters. The Kier molecular flexibility index (Phi) is 9.97. The Morgan fingerprint density at radius 2 is 0.958 bits per heavy atom. The number of para-hydroxylation sites is 2. The molecule has 0 amide bonds. The fourth-order valence-corrected chi connectivity index (χ4v) is 3.47. The van der Waals surface area contributed by atoms with E-state index < -0.39 is 0 Å². The Hall–Kier alpha value is -1.12. The fraction of sp³-hybridized carbons (Fsp3) is 0.455. The highest BCUT2D eigenvalue weighted by Crippen LogP contribution is 2.35. The van der Waals surface area contributed by atoms with E-state index in [1.807, 2.05) is 0 Å². The first-order valence-corrected chi connectivity index (χ1v) is 9.32. The van der Waals surface area contributed by atoms with Gasteiger partial charge in [0.05, 0.1) is 13.1 Å². The summed E-state index contributed by atoms with van der Waals surface area (Å²) in [5.74, 6) is 0. The van der Waals surface area contributed by atoms with Crippen molar-refractivity contribution < 1.29 is 17.0 Å². The van der Waals surface area contributed by atoms with Crippen molar-refractivity contribution >= 4 is 11.4 Å². The van der Waals surface area contributed by atoms with Crippen molar-refractivity contribution in [3.8, 4) is 0 Å². The van der Waals surface area contributed by atoms with Crippen LogP contribution in [0.15, 0.2) is 60.7 Å². The smallest absolute Gasteiger partial charge is 0.137 e. The maximum absolute atomic E-state index is 2.31. The van der Waals surface area contributed by atoms with Gasteiger partial charge in [-0.15, -0.1) is 0 Å². The van der Waals surface area contributed by atoms with E-state index in [9.17, 15) is 0 Å². The molecule has 2 rings (SSSR count). The van der Waals surface area contributed by atoms with Gasteiger partial charge in [-0.2, -0.15) is 0 Å². The summed E-state index contributed by atoms with van der Waals surface area (Å²) in [7, 11) is 0. The zero-order valence-corrected chi connectivity index (χ0v) is 16.8. The number of hydrogen-bond acceptors (Lipinski definition) is 0. The fourth-order valence-electron chi connectivity index (χ4n) is 3.47. The van der Waals surface area contributed by atoms with E-state index in [4.69, 9.17) is 0 Å². The number of rotatable bonds is 10. The minimum Gasteiger partial charge on any atom is -1.00 e. The molecule has 0 aromatic heterocycles. The third-order valence-electron chi connectivity index (χ3n) is 4.79. The summed E-state index contributed by atoms with van der Waals surface area (Å²) in [6.45, 7) is 6.98. The second kappa shape index (κ2) is 11.4. The Morgan fingerprint density at radius 1 is 0.583 bits per heavy atom. The molecule has 2 aromatic carbocycles. The first-order chi connectivity index (χ1) is 11.3. The van der Waals surface area contributed by atoms with Gasteiger partial charge in [0.2, 0.25) is 0 Å². The van der Waals surface area contributed by atoms with Gasteiger partial charge in [0, 0.05) is 0 Å². The normalized spacial score (nSPS) is 11.1. The standard InChI is InChI=1S/C22H32N.BrH/c1-3-5-13-19-23(20-14-6-4-2,21-15-9-7-10-16-21)22-17-11-8-12-18-22;/h7-12,15-18H,3-6,13-14,19-20H2,1-2H3;1H/q+1;/p-1. The summed E-state index contributed by atoms with van der Waals surface area (Å²) >= 11 is 0. The first-order valence-electron chi connectivity index (χ1n) is 9.32. The molecule has 1 nitrogen and oxygen atoms in total. The minimum absolute atomic E-state index is 0. The molecular weight excluding hydrogens is 358 g/mol. The van der Waals surface area contributed by atoms with E-state index in [-0.39, 0.29) is 17.0 Å². The van der Waals surface area contributed by atoms with Crippen LogP contribution in [0, 0.1) is 0 Å². The molecule has 2 heteroatoms. The average Bonchev–Trinajstić information content (AvgIpc) is 2.62. The van der Waals surface area contributed by atoms with Crippen molar-refractivity contribution in [3.05, 3.63) is 60.7 Å². The van der Waals surface area contributed by atoms with Gasteiger partial charge in [-0.25, -0.2) is 0 Å². The lowest BCUT2D eigenvalue weighted by molar-refractivity contribution is -0.00000482. The third-order valence-corrected chi connectivity index (χ3v) is 4.79. The molecule has 0 saturated carbocycles. The molecule has 132 valence electrons. The van der Waals surface area contributed by atoms with Gasteiger partial charge in [0.25, 0.3) is 0 Å². The van der Waals surface area contributed by atoms with Crippen LogP contribution in [0.2, 0.25) is 0 Å². The van der Waals surface area contributed by atoms with Gasteiger partial charge >= 0.3 is 0 Å². The van der Waals surface area contributed by atoms with Crippen LogP contribution in [0.4, 0.5) is 11.4 Å². The summed E-state index contributed by atoms with van der Waals surface area (Å²) in [4.78, 5) is 0. The number of quaternary nitrogens is 1. The Morgan fingerprint density at radius 3 is 1.29 bits per heavy atom. The van der Waals surface area contributed by atoms with Gasteiger partial charge in [0.1, 0.15) is 11.4 Å². The third kappa shape index (κ3) is 5.46. The van der Waals surface area contributed by atoms with Crippen molar-refractivity contribution in [3.63, 3.8) is 0 Å². The van der Waals surface area contributed by atoms with Gasteiger partial charge in [-0.05, 0) is 49.9 Å². The quantitative estimate of drug-likeness (QED) is 0.429. The predicted molar refractivity (Wildman–Crippen MR) is 103 cm³/mol. The first kappa shape index (κ1) is 20.9. The van der Waals surface area contributed by atoms with Crippen molar-refractivity contribution in [1.29, 1.82) is 0 Å². The minimum atomic E-state index is 0. The van der Waals surface area contributed by atoms with Crippen LogP contribution in [-0.2, 0) is 0 Å². The van der Waals surface area contributed by atoms with Crippen LogP contribution < -0.4 is 21.5 Å². The van der Waals surface area contributed by atoms with Crippen LogP contribution in [0.3, 0.4) is 0 Å². The molecule has 0 radical (unpaired) electrons. The van der Waals surface area contributed by atoms with E-state index in [2.05, 4.69) is 74.5 Å². The summed E-state index contributed by atoms with van der Waals surface area (Å²) < 4.78 is 1.00. The van der Waals surface area contributed by atoms with E-state index in [1.165, 1.54) is 63.0 Å². The molecule has 0 heterocycles. The monoisotopic (exact) mass is 389 g/mol.